The van der Waals surface area contributed by atoms with E-state index in [1.165, 1.54) is 12.0 Å². The number of rotatable bonds is 7. The number of likely N-dealkylation sites (N-methyl/N-ethyl adjacent to an activating group) is 1. The fourth-order valence-corrected chi connectivity index (χ4v) is 2.66. The van der Waals surface area contributed by atoms with Crippen molar-refractivity contribution in [2.45, 2.75) is 39.3 Å². The molecule has 1 rings (SSSR count). The lowest BCUT2D eigenvalue weighted by molar-refractivity contribution is -0.142. The third-order valence-electron chi connectivity index (χ3n) is 3.89. The van der Waals surface area contributed by atoms with Crippen molar-refractivity contribution >= 4 is 34.7 Å². The van der Waals surface area contributed by atoms with Crippen LogP contribution in [0.15, 0.2) is 24.3 Å². The number of nitrogens with zero attached hydrogens (tertiary/aromatic N) is 2. The molecule has 6 nitrogen and oxygen atoms in total. The predicted molar refractivity (Wildman–Crippen MR) is 110 cm³/mol. The summed E-state index contributed by atoms with van der Waals surface area (Å²) in [6, 6.07) is 8.19. The Labute approximate surface area is 170 Å². The van der Waals surface area contributed by atoms with E-state index in [4.69, 9.17) is 9.47 Å². The van der Waals surface area contributed by atoms with Crippen LogP contribution in [-0.4, -0.2) is 61.3 Å². The maximum atomic E-state index is 12.1. The maximum absolute atomic E-state index is 12.1. The average Bonchev–Trinajstić information content (AvgIpc) is 2.56. The summed E-state index contributed by atoms with van der Waals surface area (Å²) in [6.45, 7) is 8.67. The van der Waals surface area contributed by atoms with Crippen LogP contribution in [-0.2, 0) is 14.3 Å². The molecule has 1 unspecified atom stereocenters. The number of hydrogen-bond acceptors (Lipinski definition) is 5. The summed E-state index contributed by atoms with van der Waals surface area (Å²) in [4.78, 5) is 27.4. The predicted octanol–water partition coefficient (Wildman–Crippen LogP) is 3.69. The molecule has 0 saturated carbocycles. The summed E-state index contributed by atoms with van der Waals surface area (Å²) in [5.74, 6) is -0.303. The van der Waals surface area contributed by atoms with Crippen LogP contribution in [0.25, 0.3) is 0 Å². The highest BCUT2D eigenvalue weighted by Crippen LogP contribution is 2.21. The van der Waals surface area contributed by atoms with Gasteiger partial charge in [-0.15, -0.1) is 0 Å². The van der Waals surface area contributed by atoms with Gasteiger partial charge in [-0.25, -0.2) is 4.79 Å². The minimum Gasteiger partial charge on any atom is -0.468 e. The number of benzene rings is 1. The van der Waals surface area contributed by atoms with Gasteiger partial charge in [0, 0.05) is 29.7 Å². The molecule has 0 aliphatic carbocycles. The monoisotopic (exact) mass is 476 g/mol. The van der Waals surface area contributed by atoms with Gasteiger partial charge in [-0.2, -0.15) is 0 Å². The molecule has 0 saturated heterocycles. The molecular formula is C19H29IN2O4. The molecule has 0 fully saturated rings. The molecule has 0 radical (unpaired) electrons. The lowest BCUT2D eigenvalue weighted by atomic mass is 10.1. The van der Waals surface area contributed by atoms with Crippen molar-refractivity contribution in [2.24, 2.45) is 0 Å². The molecule has 1 atom stereocenters. The van der Waals surface area contributed by atoms with Crippen LogP contribution in [0.5, 0.6) is 0 Å². The third-order valence-corrected chi connectivity index (χ3v) is 4.61. The second-order valence-corrected chi connectivity index (χ2v) is 8.42. The topological polar surface area (TPSA) is 59.1 Å². The van der Waals surface area contributed by atoms with E-state index in [9.17, 15) is 9.59 Å². The smallest absolute Gasteiger partial charge is 0.410 e. The summed E-state index contributed by atoms with van der Waals surface area (Å²) in [7, 11) is 3.07. The lowest BCUT2D eigenvalue weighted by Gasteiger charge is -2.31. The SMILES string of the molecule is COC(=O)CN(CCN(C)C(=O)OC(C)(C)C)C(C)c1ccc(I)cc1. The van der Waals surface area contributed by atoms with E-state index in [-0.39, 0.29) is 24.6 Å². The quantitative estimate of drug-likeness (QED) is 0.444. The molecule has 0 aliphatic heterocycles. The molecule has 0 N–H and O–H groups in total. The number of ether oxygens (including phenoxy) is 2. The summed E-state index contributed by atoms with van der Waals surface area (Å²) in [6.07, 6.45) is -0.377. The number of carbonyl (C=O) groups excluding carboxylic acids is 2. The van der Waals surface area contributed by atoms with Crippen LogP contribution in [0.3, 0.4) is 0 Å². The zero-order valence-electron chi connectivity index (χ0n) is 16.4. The first-order valence-electron chi connectivity index (χ1n) is 8.54. The molecule has 7 heteroatoms. The molecule has 146 valence electrons. The first kappa shape index (κ1) is 22.7. The molecule has 0 aliphatic rings. The second kappa shape index (κ2) is 10.1. The molecule has 0 bridgehead atoms. The minimum atomic E-state index is -0.536. The molecule has 0 aromatic heterocycles. The Balaban J connectivity index is 2.78. The molecular weight excluding hydrogens is 447 g/mol. The van der Waals surface area contributed by atoms with Crippen LogP contribution in [0.4, 0.5) is 4.79 Å². The fraction of sp³-hybridized carbons (Fsp3) is 0.579. The van der Waals surface area contributed by atoms with Gasteiger partial charge in [0.15, 0.2) is 0 Å². The number of carbonyl (C=O) groups is 2. The molecule has 0 heterocycles. The van der Waals surface area contributed by atoms with Gasteiger partial charge in [0.1, 0.15) is 5.60 Å². The average molecular weight is 476 g/mol. The Hall–Kier alpha value is -1.35. The molecule has 1 aromatic rings. The third kappa shape index (κ3) is 7.90. The van der Waals surface area contributed by atoms with Crippen LogP contribution < -0.4 is 0 Å². The second-order valence-electron chi connectivity index (χ2n) is 7.18. The Morgan fingerprint density at radius 2 is 1.73 bits per heavy atom. The summed E-state index contributed by atoms with van der Waals surface area (Å²) < 4.78 is 11.3. The first-order chi connectivity index (χ1) is 12.0. The number of methoxy groups -OCH3 is 1. The van der Waals surface area contributed by atoms with E-state index in [0.717, 1.165) is 9.13 Å². The summed E-state index contributed by atoms with van der Waals surface area (Å²) >= 11 is 2.26. The van der Waals surface area contributed by atoms with Crippen molar-refractivity contribution in [3.05, 3.63) is 33.4 Å². The van der Waals surface area contributed by atoms with E-state index in [1.54, 1.807) is 7.05 Å². The molecule has 1 amide bonds. The number of esters is 1. The number of hydrogen-bond donors (Lipinski definition) is 0. The molecule has 0 spiro atoms. The Morgan fingerprint density at radius 1 is 1.15 bits per heavy atom. The van der Waals surface area contributed by atoms with Crippen LogP contribution in [0.2, 0.25) is 0 Å². The van der Waals surface area contributed by atoms with Crippen molar-refractivity contribution in [1.82, 2.24) is 9.80 Å². The Morgan fingerprint density at radius 3 is 2.23 bits per heavy atom. The Bertz CT molecular complexity index is 599. The van der Waals surface area contributed by atoms with Gasteiger partial charge < -0.3 is 14.4 Å². The lowest BCUT2D eigenvalue weighted by Crippen LogP contribution is -2.41. The van der Waals surface area contributed by atoms with Crippen molar-refractivity contribution in [2.75, 3.05) is 33.8 Å². The highest BCUT2D eigenvalue weighted by molar-refractivity contribution is 14.1. The van der Waals surface area contributed by atoms with Crippen LogP contribution >= 0.6 is 22.6 Å². The van der Waals surface area contributed by atoms with Crippen molar-refractivity contribution in [3.63, 3.8) is 0 Å². The van der Waals surface area contributed by atoms with Gasteiger partial charge in [0.05, 0.1) is 13.7 Å². The van der Waals surface area contributed by atoms with Gasteiger partial charge in [-0.05, 0) is 68.0 Å². The standard InChI is InChI=1S/C19H29IN2O4/c1-14(15-7-9-16(20)10-8-15)22(13-17(23)25-6)12-11-21(5)18(24)26-19(2,3)4/h7-10,14H,11-13H2,1-6H3. The zero-order chi connectivity index (χ0) is 19.9. The zero-order valence-corrected chi connectivity index (χ0v) is 18.6. The van der Waals surface area contributed by atoms with Gasteiger partial charge in [0.25, 0.3) is 0 Å². The number of amides is 1. The van der Waals surface area contributed by atoms with Crippen molar-refractivity contribution < 1.29 is 19.1 Å². The van der Waals surface area contributed by atoms with E-state index in [2.05, 4.69) is 22.6 Å². The highest BCUT2D eigenvalue weighted by Gasteiger charge is 2.23. The minimum absolute atomic E-state index is 0.0122. The first-order valence-corrected chi connectivity index (χ1v) is 9.62. The van der Waals surface area contributed by atoms with E-state index < -0.39 is 5.60 Å². The van der Waals surface area contributed by atoms with Gasteiger partial charge in [0.2, 0.25) is 0 Å². The largest absolute Gasteiger partial charge is 0.468 e. The summed E-state index contributed by atoms with van der Waals surface area (Å²) in [5.41, 5.74) is 0.570. The van der Waals surface area contributed by atoms with E-state index in [1.807, 2.05) is 56.9 Å². The van der Waals surface area contributed by atoms with Crippen molar-refractivity contribution in [1.29, 1.82) is 0 Å². The van der Waals surface area contributed by atoms with Crippen LogP contribution in [0, 0.1) is 3.57 Å². The highest BCUT2D eigenvalue weighted by atomic mass is 127. The molecule has 1 aromatic carbocycles. The summed E-state index contributed by atoms with van der Waals surface area (Å²) in [5, 5.41) is 0. The van der Waals surface area contributed by atoms with E-state index >= 15 is 0 Å². The normalized spacial score (nSPS) is 12.6. The van der Waals surface area contributed by atoms with Crippen LogP contribution in [0.1, 0.15) is 39.3 Å². The number of halogens is 1. The van der Waals surface area contributed by atoms with Gasteiger partial charge >= 0.3 is 12.1 Å². The molecule has 26 heavy (non-hydrogen) atoms. The van der Waals surface area contributed by atoms with Crippen molar-refractivity contribution in [3.8, 4) is 0 Å². The van der Waals surface area contributed by atoms with Gasteiger partial charge in [-0.1, -0.05) is 12.1 Å². The fourth-order valence-electron chi connectivity index (χ4n) is 2.30. The van der Waals surface area contributed by atoms with Gasteiger partial charge in [-0.3, -0.25) is 9.69 Å². The maximum Gasteiger partial charge on any atom is 0.410 e. The Kier molecular flexibility index (Phi) is 8.82. The van der Waals surface area contributed by atoms with E-state index in [0.29, 0.717) is 13.1 Å².